The molecule has 52 valence electrons. The molecule has 3 unspecified atom stereocenters. The quantitative estimate of drug-likeness (QED) is 0.424. The van der Waals surface area contributed by atoms with Gasteiger partial charge < -0.3 is 15.4 Å². The maximum atomic E-state index is 10.5. The lowest BCUT2D eigenvalue weighted by molar-refractivity contribution is -0.921. The summed E-state index contributed by atoms with van der Waals surface area (Å²) in [4.78, 5) is 10.2. The second-order valence-corrected chi connectivity index (χ2v) is 2.46. The first-order valence-corrected chi connectivity index (χ1v) is 2.88. The number of quaternary nitrogens is 1. The lowest BCUT2D eigenvalue weighted by Crippen LogP contribution is -3.21. The number of carboxylic acids is 1. The van der Waals surface area contributed by atoms with Crippen LogP contribution in [0.25, 0.3) is 0 Å². The van der Waals surface area contributed by atoms with Crippen molar-refractivity contribution >= 4 is 5.97 Å². The molecule has 9 heavy (non-hydrogen) atoms. The molecule has 0 bridgehead atoms. The highest BCUT2D eigenvalue weighted by Gasteiger charge is 2.41. The minimum Gasteiger partial charge on any atom is -0.634 e. The lowest BCUT2D eigenvalue weighted by atomic mass is 9.93. The Labute approximate surface area is 52.7 Å². The third-order valence-corrected chi connectivity index (χ3v) is 1.71. The molecule has 0 amide bonds. The molecular weight excluding hydrogens is 122 g/mol. The SMILES string of the molecule is CC1C[NH+]([O-])C1C(=O)O. The first kappa shape index (κ1) is 6.51. The van der Waals surface area contributed by atoms with Crippen LogP contribution in [0.4, 0.5) is 0 Å². The monoisotopic (exact) mass is 131 g/mol. The average Bonchev–Trinajstić information content (AvgIpc) is 1.62. The Morgan fingerprint density at radius 1 is 1.89 bits per heavy atom. The van der Waals surface area contributed by atoms with Gasteiger partial charge >= 0.3 is 5.97 Å². The molecule has 1 aliphatic heterocycles. The highest BCUT2D eigenvalue weighted by atomic mass is 16.5. The number of hydrogen-bond donors (Lipinski definition) is 2. The van der Waals surface area contributed by atoms with Crippen molar-refractivity contribution in [2.45, 2.75) is 13.0 Å². The summed E-state index contributed by atoms with van der Waals surface area (Å²) in [6.45, 7) is 2.22. The van der Waals surface area contributed by atoms with E-state index in [1.807, 2.05) is 0 Å². The number of rotatable bonds is 1. The molecule has 2 N–H and O–H groups in total. The van der Waals surface area contributed by atoms with E-state index < -0.39 is 12.0 Å². The first-order valence-electron chi connectivity index (χ1n) is 2.88. The largest absolute Gasteiger partial charge is 0.634 e. The Hall–Kier alpha value is -0.610. The van der Waals surface area contributed by atoms with Gasteiger partial charge in [-0.3, -0.25) is 0 Å². The summed E-state index contributed by atoms with van der Waals surface area (Å²) in [6.07, 6.45) is 0. The van der Waals surface area contributed by atoms with Crippen LogP contribution in [0.3, 0.4) is 0 Å². The fourth-order valence-electron chi connectivity index (χ4n) is 1.10. The summed E-state index contributed by atoms with van der Waals surface area (Å²) in [5, 5.41) is 18.7. The van der Waals surface area contributed by atoms with E-state index in [9.17, 15) is 10.0 Å². The smallest absolute Gasteiger partial charge is 0.363 e. The summed E-state index contributed by atoms with van der Waals surface area (Å²) in [5.74, 6) is -0.922. The van der Waals surface area contributed by atoms with E-state index in [1.165, 1.54) is 0 Å². The Kier molecular flexibility index (Phi) is 1.42. The molecule has 4 heteroatoms. The maximum absolute atomic E-state index is 10.5. The van der Waals surface area contributed by atoms with Crippen LogP contribution in [-0.4, -0.2) is 23.7 Å². The van der Waals surface area contributed by atoms with Crippen molar-refractivity contribution in [3.8, 4) is 0 Å². The van der Waals surface area contributed by atoms with E-state index in [0.717, 1.165) is 0 Å². The van der Waals surface area contributed by atoms with Gasteiger partial charge in [0.05, 0.1) is 12.5 Å². The number of carboxylic acid groups (broad SMARTS) is 1. The molecule has 0 aromatic rings. The Balaban J connectivity index is 2.49. The molecule has 0 aromatic heterocycles. The summed E-state index contributed by atoms with van der Waals surface area (Å²) in [6, 6.07) is -0.704. The third kappa shape index (κ3) is 0.906. The van der Waals surface area contributed by atoms with Crippen LogP contribution in [0.1, 0.15) is 6.92 Å². The minimum absolute atomic E-state index is 0.0509. The van der Waals surface area contributed by atoms with Gasteiger partial charge in [0.1, 0.15) is 0 Å². The molecule has 4 nitrogen and oxygen atoms in total. The van der Waals surface area contributed by atoms with Crippen molar-refractivity contribution in [1.82, 2.24) is 0 Å². The van der Waals surface area contributed by atoms with Crippen LogP contribution in [0.15, 0.2) is 0 Å². The zero-order valence-corrected chi connectivity index (χ0v) is 5.13. The topological polar surface area (TPSA) is 64.8 Å². The van der Waals surface area contributed by atoms with Gasteiger partial charge in [-0.2, -0.15) is 0 Å². The minimum atomic E-state index is -0.973. The second kappa shape index (κ2) is 1.97. The van der Waals surface area contributed by atoms with Gasteiger partial charge in [-0.1, -0.05) is 6.92 Å². The van der Waals surface area contributed by atoms with E-state index in [1.54, 1.807) is 6.92 Å². The highest BCUT2D eigenvalue weighted by Crippen LogP contribution is 2.04. The normalized spacial score (nSPS) is 41.8. The summed E-state index contributed by atoms with van der Waals surface area (Å²) >= 11 is 0. The van der Waals surface area contributed by atoms with Crippen molar-refractivity contribution in [3.05, 3.63) is 5.21 Å². The van der Waals surface area contributed by atoms with Crippen LogP contribution >= 0.6 is 0 Å². The van der Waals surface area contributed by atoms with Crippen molar-refractivity contribution < 1.29 is 15.0 Å². The van der Waals surface area contributed by atoms with E-state index in [4.69, 9.17) is 5.11 Å². The Bertz CT molecular complexity index is 128. The van der Waals surface area contributed by atoms with Gasteiger partial charge in [0.15, 0.2) is 6.04 Å². The number of hydroxylamine groups is 2. The van der Waals surface area contributed by atoms with Crippen molar-refractivity contribution in [3.63, 3.8) is 0 Å². The first-order chi connectivity index (χ1) is 4.13. The fourth-order valence-corrected chi connectivity index (χ4v) is 1.10. The van der Waals surface area contributed by atoms with Crippen molar-refractivity contribution in [2.24, 2.45) is 5.92 Å². The zero-order chi connectivity index (χ0) is 7.02. The molecule has 0 aromatic carbocycles. The van der Waals surface area contributed by atoms with Crippen LogP contribution in [0, 0.1) is 11.1 Å². The highest BCUT2D eigenvalue weighted by molar-refractivity contribution is 5.72. The molecule has 0 spiro atoms. The molecule has 0 saturated carbocycles. The van der Waals surface area contributed by atoms with Gasteiger partial charge in [0, 0.05) is 0 Å². The van der Waals surface area contributed by atoms with E-state index >= 15 is 0 Å². The molecule has 1 heterocycles. The van der Waals surface area contributed by atoms with Crippen LogP contribution in [0.2, 0.25) is 0 Å². The molecule has 1 rings (SSSR count). The lowest BCUT2D eigenvalue weighted by Gasteiger charge is -2.42. The predicted molar refractivity (Wildman–Crippen MR) is 29.8 cm³/mol. The zero-order valence-electron chi connectivity index (χ0n) is 5.13. The van der Waals surface area contributed by atoms with Gasteiger partial charge in [-0.15, -0.1) is 0 Å². The Morgan fingerprint density at radius 3 is 2.56 bits per heavy atom. The van der Waals surface area contributed by atoms with Crippen molar-refractivity contribution in [2.75, 3.05) is 6.54 Å². The number of nitrogens with one attached hydrogen (secondary N) is 1. The molecule has 1 fully saturated rings. The molecule has 0 radical (unpaired) electrons. The third-order valence-electron chi connectivity index (χ3n) is 1.71. The van der Waals surface area contributed by atoms with E-state index in [2.05, 4.69) is 0 Å². The van der Waals surface area contributed by atoms with Gasteiger partial charge in [0.2, 0.25) is 0 Å². The van der Waals surface area contributed by atoms with Crippen LogP contribution < -0.4 is 5.06 Å². The second-order valence-electron chi connectivity index (χ2n) is 2.46. The summed E-state index contributed by atoms with van der Waals surface area (Å²) in [7, 11) is 0. The maximum Gasteiger partial charge on any atom is 0.363 e. The Morgan fingerprint density at radius 2 is 2.44 bits per heavy atom. The van der Waals surface area contributed by atoms with E-state index in [-0.39, 0.29) is 11.0 Å². The van der Waals surface area contributed by atoms with Crippen LogP contribution in [-0.2, 0) is 4.79 Å². The van der Waals surface area contributed by atoms with Gasteiger partial charge in [-0.05, 0) is 0 Å². The number of carbonyl (C=O) groups is 1. The standard InChI is InChI=1S/C5H9NO3/c1-3-2-6(9)4(3)5(7)8/h3-4,6H,2H2,1H3,(H,7,8). The molecular formula is C5H9NO3. The fraction of sp³-hybridized carbons (Fsp3) is 0.800. The number of hydrogen-bond acceptors (Lipinski definition) is 2. The summed E-state index contributed by atoms with van der Waals surface area (Å²) < 4.78 is 0. The van der Waals surface area contributed by atoms with Crippen molar-refractivity contribution in [1.29, 1.82) is 0 Å². The van der Waals surface area contributed by atoms with Crippen LogP contribution in [0.5, 0.6) is 0 Å². The molecule has 3 atom stereocenters. The van der Waals surface area contributed by atoms with Gasteiger partial charge in [0.25, 0.3) is 0 Å². The van der Waals surface area contributed by atoms with E-state index in [0.29, 0.717) is 6.54 Å². The molecule has 1 aliphatic rings. The number of aliphatic carboxylic acids is 1. The molecule has 0 aliphatic carbocycles. The predicted octanol–water partition coefficient (Wildman–Crippen LogP) is -1.53. The summed E-state index contributed by atoms with van der Waals surface area (Å²) in [5.41, 5.74) is 0. The van der Waals surface area contributed by atoms with Gasteiger partial charge in [-0.25, -0.2) is 4.79 Å². The average molecular weight is 131 g/mol. The molecule has 1 saturated heterocycles.